The Morgan fingerprint density at radius 1 is 0.828 bits per heavy atom. The molecule has 2 aliphatic rings. The van der Waals surface area contributed by atoms with Gasteiger partial charge < -0.3 is 0 Å². The van der Waals surface area contributed by atoms with Crippen LogP contribution in [0.5, 0.6) is 0 Å². The van der Waals surface area contributed by atoms with Crippen LogP contribution in [0.25, 0.3) is 16.7 Å². The summed E-state index contributed by atoms with van der Waals surface area (Å²) in [5.74, 6) is 0.387. The summed E-state index contributed by atoms with van der Waals surface area (Å²) in [6, 6.07) is 7.27. The second-order valence-electron chi connectivity index (χ2n) is 8.70. The molecule has 0 radical (unpaired) electrons. The molecule has 0 heterocycles. The topological polar surface area (TPSA) is 0 Å². The molecule has 0 bridgehead atoms. The highest BCUT2D eigenvalue weighted by Gasteiger charge is 2.25. The zero-order chi connectivity index (χ0) is 20.5. The minimum Gasteiger partial charge on any atom is -0.207 e. The number of hydrogen-bond acceptors (Lipinski definition) is 0. The van der Waals surface area contributed by atoms with E-state index in [1.54, 1.807) is 6.07 Å². The Hall–Kier alpha value is -2.29. The van der Waals surface area contributed by atoms with Crippen LogP contribution < -0.4 is 0 Å². The van der Waals surface area contributed by atoms with Gasteiger partial charge >= 0.3 is 0 Å². The van der Waals surface area contributed by atoms with Crippen molar-refractivity contribution in [2.24, 2.45) is 17.8 Å². The average Bonchev–Trinajstić information content (AvgIpc) is 2.72. The fourth-order valence-corrected chi connectivity index (χ4v) is 4.64. The van der Waals surface area contributed by atoms with Crippen LogP contribution in [0.2, 0.25) is 0 Å². The molecule has 0 nitrogen and oxygen atoms in total. The zero-order valence-electron chi connectivity index (χ0n) is 17.0. The first kappa shape index (κ1) is 20.0. The fraction of sp³-hybridized carbons (Fsp3) is 0.385. The summed E-state index contributed by atoms with van der Waals surface area (Å²) >= 11 is 0. The standard InChI is InChI=1S/C26H27F3/c1-16-3-5-18(6-4-16)19-7-9-20(10-8-19)21-11-12-23(26(29)13-21)22-14-24(27)17(2)25(28)15-22/h7,9-16,18-19H,3-6,8H2,1-2H3. The van der Waals surface area contributed by atoms with E-state index in [0.29, 0.717) is 5.92 Å². The SMILES string of the molecule is Cc1c(F)cc(-c2ccc(C3=CCC(C4CCC(C)CC4)C=C3)cc2F)cc1F. The summed E-state index contributed by atoms with van der Waals surface area (Å²) < 4.78 is 42.5. The first-order valence-corrected chi connectivity index (χ1v) is 10.6. The summed E-state index contributed by atoms with van der Waals surface area (Å²) in [7, 11) is 0. The predicted molar refractivity (Wildman–Crippen MR) is 113 cm³/mol. The lowest BCUT2D eigenvalue weighted by Gasteiger charge is -2.32. The van der Waals surface area contributed by atoms with Crippen LogP contribution in [0.3, 0.4) is 0 Å². The van der Waals surface area contributed by atoms with E-state index in [9.17, 15) is 13.2 Å². The first-order valence-electron chi connectivity index (χ1n) is 10.6. The molecule has 152 valence electrons. The molecule has 1 fully saturated rings. The van der Waals surface area contributed by atoms with Gasteiger partial charge in [-0.05, 0) is 78.8 Å². The molecule has 0 saturated heterocycles. The van der Waals surface area contributed by atoms with E-state index in [2.05, 4.69) is 25.2 Å². The highest BCUT2D eigenvalue weighted by Crippen LogP contribution is 2.38. The number of hydrogen-bond donors (Lipinski definition) is 0. The first-order chi connectivity index (χ1) is 13.9. The third kappa shape index (κ3) is 4.19. The van der Waals surface area contributed by atoms with E-state index in [0.717, 1.165) is 29.4 Å². The van der Waals surface area contributed by atoms with Gasteiger partial charge in [-0.25, -0.2) is 13.2 Å². The van der Waals surface area contributed by atoms with E-state index in [-0.39, 0.29) is 16.7 Å². The maximum atomic E-state index is 14.8. The van der Waals surface area contributed by atoms with Crippen LogP contribution >= 0.6 is 0 Å². The second-order valence-corrected chi connectivity index (χ2v) is 8.70. The Kier molecular flexibility index (Phi) is 5.67. The average molecular weight is 396 g/mol. The summed E-state index contributed by atoms with van der Waals surface area (Å²) in [6.07, 6.45) is 12.8. The van der Waals surface area contributed by atoms with Crippen molar-refractivity contribution in [2.75, 3.05) is 0 Å². The summed E-state index contributed by atoms with van der Waals surface area (Å²) in [4.78, 5) is 0. The molecule has 2 aromatic carbocycles. The molecule has 1 atom stereocenters. The van der Waals surface area contributed by atoms with Crippen LogP contribution in [-0.2, 0) is 0 Å². The molecule has 0 spiro atoms. The molecule has 29 heavy (non-hydrogen) atoms. The number of rotatable bonds is 3. The van der Waals surface area contributed by atoms with Crippen molar-refractivity contribution in [3.63, 3.8) is 0 Å². The molecule has 0 amide bonds. The molecule has 0 aliphatic heterocycles. The van der Waals surface area contributed by atoms with E-state index >= 15 is 0 Å². The van der Waals surface area contributed by atoms with Gasteiger partial charge in [0.25, 0.3) is 0 Å². The Morgan fingerprint density at radius 3 is 2.07 bits per heavy atom. The molecule has 1 saturated carbocycles. The van der Waals surface area contributed by atoms with E-state index in [1.165, 1.54) is 50.8 Å². The Balaban J connectivity index is 1.51. The van der Waals surface area contributed by atoms with Crippen molar-refractivity contribution in [3.8, 4) is 11.1 Å². The molecule has 0 aromatic heterocycles. The third-order valence-electron chi connectivity index (χ3n) is 6.69. The van der Waals surface area contributed by atoms with E-state index < -0.39 is 17.5 Å². The monoisotopic (exact) mass is 396 g/mol. The Labute approximate surface area is 171 Å². The van der Waals surface area contributed by atoms with Crippen molar-refractivity contribution in [1.82, 2.24) is 0 Å². The number of benzene rings is 2. The summed E-state index contributed by atoms with van der Waals surface area (Å²) in [6.45, 7) is 3.71. The van der Waals surface area contributed by atoms with E-state index in [4.69, 9.17) is 0 Å². The molecule has 2 aliphatic carbocycles. The van der Waals surface area contributed by atoms with Crippen molar-refractivity contribution < 1.29 is 13.2 Å². The fourth-order valence-electron chi connectivity index (χ4n) is 4.64. The molecular weight excluding hydrogens is 369 g/mol. The Bertz CT molecular complexity index is 939. The molecular formula is C26H27F3. The highest BCUT2D eigenvalue weighted by molar-refractivity contribution is 5.77. The quantitative estimate of drug-likeness (QED) is 0.495. The number of allylic oxidation sites excluding steroid dienone is 4. The van der Waals surface area contributed by atoms with Crippen molar-refractivity contribution >= 4 is 5.57 Å². The van der Waals surface area contributed by atoms with Gasteiger partial charge in [-0.2, -0.15) is 0 Å². The Morgan fingerprint density at radius 2 is 1.48 bits per heavy atom. The van der Waals surface area contributed by atoms with Crippen LogP contribution in [-0.4, -0.2) is 0 Å². The highest BCUT2D eigenvalue weighted by atomic mass is 19.1. The molecule has 2 aromatic rings. The van der Waals surface area contributed by atoms with Crippen LogP contribution in [0.4, 0.5) is 13.2 Å². The molecule has 4 rings (SSSR count). The smallest absolute Gasteiger partial charge is 0.131 e. The predicted octanol–water partition coefficient (Wildman–Crippen LogP) is 7.87. The van der Waals surface area contributed by atoms with Crippen molar-refractivity contribution in [3.05, 3.63) is 77.1 Å². The van der Waals surface area contributed by atoms with Gasteiger partial charge in [-0.3, -0.25) is 0 Å². The summed E-state index contributed by atoms with van der Waals surface area (Å²) in [5.41, 5.74) is 2.18. The van der Waals surface area contributed by atoms with Crippen LogP contribution in [0.15, 0.2) is 48.6 Å². The summed E-state index contributed by atoms with van der Waals surface area (Å²) in [5, 5.41) is 0. The van der Waals surface area contributed by atoms with Gasteiger partial charge in [0.2, 0.25) is 0 Å². The maximum Gasteiger partial charge on any atom is 0.131 e. The van der Waals surface area contributed by atoms with Crippen molar-refractivity contribution in [1.29, 1.82) is 0 Å². The molecule has 1 unspecified atom stereocenters. The third-order valence-corrected chi connectivity index (χ3v) is 6.69. The van der Waals surface area contributed by atoms with Crippen molar-refractivity contribution in [2.45, 2.75) is 46.0 Å². The van der Waals surface area contributed by atoms with Crippen LogP contribution in [0, 0.1) is 42.1 Å². The van der Waals surface area contributed by atoms with Gasteiger partial charge in [0.05, 0.1) is 0 Å². The van der Waals surface area contributed by atoms with Gasteiger partial charge in [0.15, 0.2) is 0 Å². The lowest BCUT2D eigenvalue weighted by molar-refractivity contribution is 0.240. The van der Waals surface area contributed by atoms with Gasteiger partial charge in [-0.15, -0.1) is 0 Å². The lowest BCUT2D eigenvalue weighted by Crippen LogP contribution is -2.20. The van der Waals surface area contributed by atoms with Gasteiger partial charge in [0.1, 0.15) is 17.5 Å². The second kappa shape index (κ2) is 8.22. The van der Waals surface area contributed by atoms with Gasteiger partial charge in [-0.1, -0.05) is 50.1 Å². The number of halogens is 3. The van der Waals surface area contributed by atoms with Crippen LogP contribution in [0.1, 0.15) is 50.2 Å². The minimum atomic E-state index is -0.662. The maximum absolute atomic E-state index is 14.8. The molecule has 3 heteroatoms. The minimum absolute atomic E-state index is 0.0507. The lowest BCUT2D eigenvalue weighted by atomic mass is 9.73. The zero-order valence-corrected chi connectivity index (χ0v) is 17.0. The normalized spacial score (nSPS) is 24.4. The molecule has 0 N–H and O–H groups in total. The largest absolute Gasteiger partial charge is 0.207 e. The van der Waals surface area contributed by atoms with Gasteiger partial charge in [0, 0.05) is 11.1 Å². The van der Waals surface area contributed by atoms with E-state index in [1.807, 2.05) is 6.07 Å².